The van der Waals surface area contributed by atoms with Gasteiger partial charge in [-0.05, 0) is 75.5 Å². The van der Waals surface area contributed by atoms with Crippen LogP contribution in [0.2, 0.25) is 0 Å². The number of nitrogens with one attached hydrogen (secondary N) is 1. The Kier molecular flexibility index (Phi) is 6.75. The van der Waals surface area contributed by atoms with E-state index in [1.165, 1.54) is 12.1 Å². The topological polar surface area (TPSA) is 64.3 Å². The van der Waals surface area contributed by atoms with Crippen molar-refractivity contribution >= 4 is 5.91 Å². The smallest absolute Gasteiger partial charge is 0.255 e. The molecule has 140 valence electrons. The van der Waals surface area contributed by atoms with Gasteiger partial charge in [-0.25, -0.2) is 4.39 Å². The molecule has 3 N–H and O–H groups in total. The van der Waals surface area contributed by atoms with Crippen LogP contribution >= 0.6 is 0 Å². The van der Waals surface area contributed by atoms with Gasteiger partial charge < -0.3 is 15.8 Å². The predicted molar refractivity (Wildman–Crippen MR) is 102 cm³/mol. The highest BCUT2D eigenvalue weighted by Crippen LogP contribution is 2.22. The number of ether oxygens (including phenoxy) is 1. The zero-order valence-electron chi connectivity index (χ0n) is 15.6. The van der Waals surface area contributed by atoms with Crippen molar-refractivity contribution in [1.82, 2.24) is 5.32 Å². The fourth-order valence-electron chi connectivity index (χ4n) is 2.73. The molecule has 26 heavy (non-hydrogen) atoms. The number of carbonyl (C=O) groups is 1. The Hall–Kier alpha value is -2.40. The quantitative estimate of drug-likeness (QED) is 0.709. The SMILES string of the molecule is Cc1ccc(C(=O)NC(C)(C)Cc2ccc(F)cc2)c(OCCCN)c1. The highest BCUT2D eigenvalue weighted by atomic mass is 19.1. The number of benzene rings is 2. The first kappa shape index (κ1) is 19.9. The summed E-state index contributed by atoms with van der Waals surface area (Å²) in [6.45, 7) is 6.85. The second kappa shape index (κ2) is 8.81. The van der Waals surface area contributed by atoms with Gasteiger partial charge in [0.2, 0.25) is 0 Å². The summed E-state index contributed by atoms with van der Waals surface area (Å²) in [7, 11) is 0. The summed E-state index contributed by atoms with van der Waals surface area (Å²) in [6, 6.07) is 11.8. The minimum absolute atomic E-state index is 0.195. The maximum atomic E-state index is 13.1. The van der Waals surface area contributed by atoms with Crippen LogP contribution in [0.5, 0.6) is 5.75 Å². The van der Waals surface area contributed by atoms with Crippen molar-refractivity contribution in [2.45, 2.75) is 39.2 Å². The van der Waals surface area contributed by atoms with Gasteiger partial charge in [0.1, 0.15) is 11.6 Å². The second-order valence-corrected chi connectivity index (χ2v) is 7.13. The molecule has 0 saturated carbocycles. The molecule has 0 fully saturated rings. The molecule has 0 spiro atoms. The number of hydrogen-bond acceptors (Lipinski definition) is 3. The zero-order valence-corrected chi connectivity index (χ0v) is 15.6. The van der Waals surface area contributed by atoms with Crippen LogP contribution in [0.15, 0.2) is 42.5 Å². The van der Waals surface area contributed by atoms with Crippen LogP contribution in [-0.2, 0) is 6.42 Å². The van der Waals surface area contributed by atoms with Crippen LogP contribution in [0.25, 0.3) is 0 Å². The van der Waals surface area contributed by atoms with E-state index in [4.69, 9.17) is 10.5 Å². The summed E-state index contributed by atoms with van der Waals surface area (Å²) in [5.74, 6) is 0.0999. The average Bonchev–Trinajstić information content (AvgIpc) is 2.56. The van der Waals surface area contributed by atoms with Gasteiger partial charge in [0, 0.05) is 5.54 Å². The van der Waals surface area contributed by atoms with Gasteiger partial charge in [-0.15, -0.1) is 0 Å². The summed E-state index contributed by atoms with van der Waals surface area (Å²) in [6.07, 6.45) is 1.32. The lowest BCUT2D eigenvalue weighted by Crippen LogP contribution is -2.45. The largest absolute Gasteiger partial charge is 0.493 e. The summed E-state index contributed by atoms with van der Waals surface area (Å²) in [4.78, 5) is 12.8. The Bertz CT molecular complexity index is 742. The van der Waals surface area contributed by atoms with E-state index in [2.05, 4.69) is 5.32 Å². The Balaban J connectivity index is 2.11. The average molecular weight is 358 g/mol. The van der Waals surface area contributed by atoms with E-state index in [1.54, 1.807) is 18.2 Å². The summed E-state index contributed by atoms with van der Waals surface area (Å²) < 4.78 is 18.8. The fraction of sp³-hybridized carbons (Fsp3) is 0.381. The maximum Gasteiger partial charge on any atom is 0.255 e. The monoisotopic (exact) mass is 358 g/mol. The van der Waals surface area contributed by atoms with E-state index in [1.807, 2.05) is 32.9 Å². The molecule has 0 heterocycles. The molecule has 0 saturated heterocycles. The molecule has 5 heteroatoms. The van der Waals surface area contributed by atoms with Gasteiger partial charge in [-0.3, -0.25) is 4.79 Å². The lowest BCUT2D eigenvalue weighted by Gasteiger charge is -2.27. The van der Waals surface area contributed by atoms with Crippen LogP contribution in [-0.4, -0.2) is 24.6 Å². The Morgan fingerprint density at radius 2 is 1.88 bits per heavy atom. The minimum atomic E-state index is -0.492. The van der Waals surface area contributed by atoms with Crippen LogP contribution in [0, 0.1) is 12.7 Å². The Morgan fingerprint density at radius 3 is 2.54 bits per heavy atom. The molecule has 0 unspecified atom stereocenters. The van der Waals surface area contributed by atoms with Crippen LogP contribution < -0.4 is 15.8 Å². The fourth-order valence-corrected chi connectivity index (χ4v) is 2.73. The highest BCUT2D eigenvalue weighted by Gasteiger charge is 2.23. The van der Waals surface area contributed by atoms with Gasteiger partial charge >= 0.3 is 0 Å². The molecule has 0 aliphatic carbocycles. The first-order chi connectivity index (χ1) is 12.3. The lowest BCUT2D eigenvalue weighted by atomic mass is 9.94. The van der Waals surface area contributed by atoms with Gasteiger partial charge in [0.25, 0.3) is 5.91 Å². The molecule has 0 radical (unpaired) electrons. The van der Waals surface area contributed by atoms with Gasteiger partial charge in [0.15, 0.2) is 0 Å². The highest BCUT2D eigenvalue weighted by molar-refractivity contribution is 5.97. The van der Waals surface area contributed by atoms with Gasteiger partial charge in [-0.2, -0.15) is 0 Å². The molecule has 0 bridgehead atoms. The zero-order chi connectivity index (χ0) is 19.2. The van der Waals surface area contributed by atoms with Crippen molar-refractivity contribution in [1.29, 1.82) is 0 Å². The molecular weight excluding hydrogens is 331 g/mol. The molecule has 0 aliphatic heterocycles. The number of nitrogens with two attached hydrogens (primary N) is 1. The van der Waals surface area contributed by atoms with Crippen molar-refractivity contribution in [3.05, 3.63) is 65.0 Å². The van der Waals surface area contributed by atoms with Crippen LogP contribution in [0.3, 0.4) is 0 Å². The maximum absolute atomic E-state index is 13.1. The van der Waals surface area contributed by atoms with Crippen molar-refractivity contribution in [2.24, 2.45) is 5.73 Å². The van der Waals surface area contributed by atoms with Crippen molar-refractivity contribution < 1.29 is 13.9 Å². The van der Waals surface area contributed by atoms with E-state index in [9.17, 15) is 9.18 Å². The third kappa shape index (κ3) is 5.85. The third-order valence-electron chi connectivity index (χ3n) is 4.00. The number of rotatable bonds is 8. The number of carbonyl (C=O) groups excluding carboxylic acids is 1. The molecule has 2 aromatic rings. The van der Waals surface area contributed by atoms with Crippen molar-refractivity contribution in [3.63, 3.8) is 0 Å². The molecular formula is C21H27FN2O2. The van der Waals surface area contributed by atoms with E-state index in [-0.39, 0.29) is 11.7 Å². The molecule has 1 amide bonds. The van der Waals surface area contributed by atoms with E-state index in [0.29, 0.717) is 30.9 Å². The molecule has 2 aromatic carbocycles. The minimum Gasteiger partial charge on any atom is -0.493 e. The molecule has 4 nitrogen and oxygen atoms in total. The van der Waals surface area contributed by atoms with E-state index < -0.39 is 5.54 Å². The van der Waals surface area contributed by atoms with E-state index in [0.717, 1.165) is 17.5 Å². The summed E-state index contributed by atoms with van der Waals surface area (Å²) in [5.41, 5.74) is 7.49. The standard InChI is InChI=1S/C21H27FN2O2/c1-15-5-10-18(19(13-15)26-12-4-11-23)20(25)24-21(2,3)14-16-6-8-17(22)9-7-16/h5-10,13H,4,11-12,14,23H2,1-3H3,(H,24,25). The number of amides is 1. The summed E-state index contributed by atoms with van der Waals surface area (Å²) >= 11 is 0. The van der Waals surface area contributed by atoms with E-state index >= 15 is 0 Å². The Labute approximate surface area is 154 Å². The van der Waals surface area contributed by atoms with Crippen LogP contribution in [0.1, 0.15) is 41.8 Å². The normalized spacial score (nSPS) is 11.3. The van der Waals surface area contributed by atoms with Gasteiger partial charge in [0.05, 0.1) is 12.2 Å². The van der Waals surface area contributed by atoms with Gasteiger partial charge in [-0.1, -0.05) is 18.2 Å². The van der Waals surface area contributed by atoms with Crippen LogP contribution in [0.4, 0.5) is 4.39 Å². The number of halogens is 1. The number of aryl methyl sites for hydroxylation is 1. The Morgan fingerprint density at radius 1 is 1.19 bits per heavy atom. The predicted octanol–water partition coefficient (Wildman–Crippen LogP) is 3.61. The second-order valence-electron chi connectivity index (χ2n) is 7.13. The molecule has 0 atom stereocenters. The first-order valence-electron chi connectivity index (χ1n) is 8.81. The number of hydrogen-bond donors (Lipinski definition) is 2. The third-order valence-corrected chi connectivity index (χ3v) is 4.00. The van der Waals surface area contributed by atoms with Crippen molar-refractivity contribution in [2.75, 3.05) is 13.2 Å². The molecule has 0 aromatic heterocycles. The first-order valence-corrected chi connectivity index (χ1v) is 8.81. The summed E-state index contributed by atoms with van der Waals surface area (Å²) in [5, 5.41) is 3.05. The molecule has 2 rings (SSSR count). The lowest BCUT2D eigenvalue weighted by molar-refractivity contribution is 0.0909. The molecule has 0 aliphatic rings. The van der Waals surface area contributed by atoms with Crippen molar-refractivity contribution in [3.8, 4) is 5.75 Å².